The summed E-state index contributed by atoms with van der Waals surface area (Å²) in [5.74, 6) is -0.643. The van der Waals surface area contributed by atoms with E-state index in [4.69, 9.17) is 23.7 Å². The van der Waals surface area contributed by atoms with Crippen LogP contribution in [0.5, 0.6) is 0 Å². The van der Waals surface area contributed by atoms with Crippen molar-refractivity contribution in [3.63, 3.8) is 0 Å². The summed E-state index contributed by atoms with van der Waals surface area (Å²) in [6.45, 7) is 4.35. The van der Waals surface area contributed by atoms with Crippen LogP contribution in [0.3, 0.4) is 0 Å². The fraction of sp³-hybridized carbons (Fsp3) is 0.684. The zero-order valence-corrected chi connectivity index (χ0v) is 16.8. The first-order chi connectivity index (χ1) is 12.1. The number of ether oxygens (including phenoxy) is 5. The van der Waals surface area contributed by atoms with Crippen LogP contribution >= 0.6 is 22.6 Å². The van der Waals surface area contributed by atoms with Crippen molar-refractivity contribution in [2.45, 2.75) is 75.9 Å². The highest BCUT2D eigenvalue weighted by Crippen LogP contribution is 2.42. The Morgan fingerprint density at radius 1 is 1.08 bits per heavy atom. The van der Waals surface area contributed by atoms with Crippen molar-refractivity contribution in [1.29, 1.82) is 0 Å². The van der Waals surface area contributed by atoms with Gasteiger partial charge in [0.2, 0.25) is 0 Å². The summed E-state index contributed by atoms with van der Waals surface area (Å²) >= 11 is 2.38. The number of fused-ring (bicyclic) bond motifs is 1. The van der Waals surface area contributed by atoms with Crippen LogP contribution in [0.15, 0.2) is 30.3 Å². The molecule has 5 nitrogen and oxygen atoms in total. The summed E-state index contributed by atoms with van der Waals surface area (Å²) in [5, 5.41) is 0. The lowest BCUT2D eigenvalue weighted by Crippen LogP contribution is -2.42. The average molecular weight is 460 g/mol. The van der Waals surface area contributed by atoms with Gasteiger partial charge in [-0.25, -0.2) is 0 Å². The first-order valence-electron chi connectivity index (χ1n) is 8.94. The van der Waals surface area contributed by atoms with Crippen molar-refractivity contribution < 1.29 is 23.7 Å². The quantitative estimate of drug-likeness (QED) is 0.498. The fourth-order valence-corrected chi connectivity index (χ4v) is 4.50. The Kier molecular flexibility index (Phi) is 5.37. The minimum Gasteiger partial charge on any atom is -0.371 e. The minimum absolute atomic E-state index is 0.0430. The first-order valence-corrected chi connectivity index (χ1v) is 10.5. The molecule has 6 atom stereocenters. The zero-order valence-electron chi connectivity index (χ0n) is 14.6. The van der Waals surface area contributed by atoms with Gasteiger partial charge in [-0.3, -0.25) is 0 Å². The second kappa shape index (κ2) is 7.40. The standard InChI is InChI=1S/C19H25IO5/c1-19(2)24-17-16(21-11-12-6-4-3-5-7-12)15(23-18(17)25-19)14-9-8-13(10-20)22-14/h3-7,13-18H,8-11H2,1-2H3/t13?,14-,15+,16-,17+,18+/m0/s1. The number of rotatable bonds is 5. The molecule has 0 amide bonds. The molecule has 0 aromatic heterocycles. The van der Waals surface area contributed by atoms with Crippen LogP contribution in [0.2, 0.25) is 0 Å². The van der Waals surface area contributed by atoms with Gasteiger partial charge >= 0.3 is 0 Å². The van der Waals surface area contributed by atoms with E-state index in [0.29, 0.717) is 12.7 Å². The third-order valence-electron chi connectivity index (χ3n) is 4.99. The third-order valence-corrected chi connectivity index (χ3v) is 5.97. The van der Waals surface area contributed by atoms with Gasteiger partial charge in [0.05, 0.1) is 18.8 Å². The van der Waals surface area contributed by atoms with Crippen LogP contribution in [0.25, 0.3) is 0 Å². The Bertz CT molecular complexity index is 580. The molecule has 3 fully saturated rings. The molecule has 138 valence electrons. The maximum atomic E-state index is 6.28. The SMILES string of the molecule is CC1(C)O[C@H]2O[C@H]([C@@H]3CCC(CI)O3)[C@H](OCc3ccccc3)[C@H]2O1. The van der Waals surface area contributed by atoms with Crippen LogP contribution in [0.1, 0.15) is 32.3 Å². The fourth-order valence-electron chi connectivity index (χ4n) is 3.85. The normalized spacial score (nSPS) is 39.6. The Balaban J connectivity index is 1.48. The molecule has 3 heterocycles. The largest absolute Gasteiger partial charge is 0.371 e. The van der Waals surface area contributed by atoms with Crippen LogP contribution in [-0.2, 0) is 30.3 Å². The predicted octanol–water partition coefficient (Wildman–Crippen LogP) is 3.43. The van der Waals surface area contributed by atoms with Crippen LogP contribution in [0, 0.1) is 0 Å². The van der Waals surface area contributed by atoms with Crippen LogP contribution in [0.4, 0.5) is 0 Å². The summed E-state index contributed by atoms with van der Waals surface area (Å²) in [4.78, 5) is 0. The van der Waals surface area contributed by atoms with Crippen LogP contribution in [-0.4, -0.2) is 47.0 Å². The van der Waals surface area contributed by atoms with Gasteiger partial charge in [0.25, 0.3) is 0 Å². The molecule has 0 radical (unpaired) electrons. The van der Waals surface area contributed by atoms with E-state index in [2.05, 4.69) is 34.7 Å². The van der Waals surface area contributed by atoms with Gasteiger partial charge in [0.1, 0.15) is 18.3 Å². The Labute approximate surface area is 162 Å². The van der Waals surface area contributed by atoms with E-state index < -0.39 is 5.79 Å². The van der Waals surface area contributed by atoms with Gasteiger partial charge in [-0.2, -0.15) is 0 Å². The van der Waals surface area contributed by atoms with Crippen molar-refractivity contribution in [2.75, 3.05) is 4.43 Å². The molecule has 0 N–H and O–H groups in total. The topological polar surface area (TPSA) is 46.2 Å². The maximum Gasteiger partial charge on any atom is 0.190 e. The molecular weight excluding hydrogens is 435 g/mol. The van der Waals surface area contributed by atoms with Crippen molar-refractivity contribution in [3.05, 3.63) is 35.9 Å². The lowest BCUT2D eigenvalue weighted by atomic mass is 10.0. The summed E-state index contributed by atoms with van der Waals surface area (Å²) < 4.78 is 31.7. The van der Waals surface area contributed by atoms with Crippen LogP contribution < -0.4 is 0 Å². The molecule has 0 saturated carbocycles. The monoisotopic (exact) mass is 460 g/mol. The van der Waals surface area contributed by atoms with E-state index in [9.17, 15) is 0 Å². The Morgan fingerprint density at radius 3 is 2.60 bits per heavy atom. The molecular formula is C19H25IO5. The molecule has 0 bridgehead atoms. The lowest BCUT2D eigenvalue weighted by Gasteiger charge is -2.29. The lowest BCUT2D eigenvalue weighted by molar-refractivity contribution is -0.232. The summed E-state index contributed by atoms with van der Waals surface area (Å²) in [5.41, 5.74) is 1.14. The second-order valence-electron chi connectivity index (χ2n) is 7.36. The van der Waals surface area contributed by atoms with Gasteiger partial charge in [-0.15, -0.1) is 0 Å². The molecule has 3 saturated heterocycles. The van der Waals surface area contributed by atoms with Crippen molar-refractivity contribution in [3.8, 4) is 0 Å². The predicted molar refractivity (Wildman–Crippen MR) is 100 cm³/mol. The van der Waals surface area contributed by atoms with Gasteiger partial charge in [-0.1, -0.05) is 52.9 Å². The molecule has 4 rings (SSSR count). The minimum atomic E-state index is -0.643. The highest BCUT2D eigenvalue weighted by molar-refractivity contribution is 14.1. The number of hydrogen-bond donors (Lipinski definition) is 0. The maximum absolute atomic E-state index is 6.28. The van der Waals surface area contributed by atoms with E-state index in [0.717, 1.165) is 22.8 Å². The van der Waals surface area contributed by atoms with E-state index >= 15 is 0 Å². The van der Waals surface area contributed by atoms with Gasteiger partial charge in [0, 0.05) is 4.43 Å². The van der Waals surface area contributed by atoms with E-state index in [1.165, 1.54) is 0 Å². The third kappa shape index (κ3) is 3.89. The summed E-state index contributed by atoms with van der Waals surface area (Å²) in [7, 11) is 0. The average Bonchev–Trinajstić information content (AvgIpc) is 3.26. The number of halogens is 1. The zero-order chi connectivity index (χ0) is 17.4. The highest BCUT2D eigenvalue weighted by atomic mass is 127. The molecule has 0 spiro atoms. The smallest absolute Gasteiger partial charge is 0.190 e. The molecule has 3 aliphatic heterocycles. The first kappa shape index (κ1) is 18.1. The molecule has 0 aliphatic carbocycles. The highest BCUT2D eigenvalue weighted by Gasteiger charge is 2.58. The Morgan fingerprint density at radius 2 is 1.88 bits per heavy atom. The van der Waals surface area contributed by atoms with E-state index in [1.54, 1.807) is 0 Å². The van der Waals surface area contributed by atoms with Gasteiger partial charge < -0.3 is 23.7 Å². The van der Waals surface area contributed by atoms with Crippen molar-refractivity contribution in [1.82, 2.24) is 0 Å². The Hall–Kier alpha value is -0.250. The van der Waals surface area contributed by atoms with Gasteiger partial charge in [-0.05, 0) is 32.3 Å². The molecule has 3 aliphatic rings. The molecule has 1 aromatic carbocycles. The van der Waals surface area contributed by atoms with Crippen molar-refractivity contribution in [2.24, 2.45) is 0 Å². The molecule has 6 heteroatoms. The summed E-state index contributed by atoms with van der Waals surface area (Å²) in [6, 6.07) is 10.2. The molecule has 1 aromatic rings. The number of benzene rings is 1. The van der Waals surface area contributed by atoms with E-state index in [1.807, 2.05) is 32.0 Å². The van der Waals surface area contributed by atoms with Crippen molar-refractivity contribution >= 4 is 22.6 Å². The summed E-state index contributed by atoms with van der Waals surface area (Å²) in [6.07, 6.45) is 1.47. The number of hydrogen-bond acceptors (Lipinski definition) is 5. The molecule has 25 heavy (non-hydrogen) atoms. The molecule has 1 unspecified atom stereocenters. The second-order valence-corrected chi connectivity index (χ2v) is 8.24. The van der Waals surface area contributed by atoms with E-state index in [-0.39, 0.29) is 30.7 Å². The van der Waals surface area contributed by atoms with Gasteiger partial charge in [0.15, 0.2) is 12.1 Å². The number of alkyl halides is 1.